The predicted octanol–water partition coefficient (Wildman–Crippen LogP) is 10.8. The van der Waals surface area contributed by atoms with E-state index in [-0.39, 0.29) is 48.5 Å². The third kappa shape index (κ3) is 12.8. The van der Waals surface area contributed by atoms with E-state index in [1.54, 1.807) is 47.7 Å². The Morgan fingerprint density at radius 1 is 0.594 bits per heavy atom. The SMILES string of the molecule is C=CC(=O)Cc1ccc(CCC(=O)O[C@H]2CC[C@H](C(=O)Oc3ccc(OC(=O)[C@H]4CC[C@H](OC(=O)CCc5ccc(OC(=O)C=C)cc5)CC4)c4nc(-c5cc6ccccc6s5)ccc34)CC2)cc1. The topological polar surface area (TPSA) is 161 Å². The molecule has 8 rings (SSSR count). The Morgan fingerprint density at radius 2 is 1.14 bits per heavy atom. The molecular formula is C56H53NO11S. The van der Waals surface area contributed by atoms with Crippen molar-refractivity contribution in [2.24, 2.45) is 11.8 Å². The molecule has 2 fully saturated rings. The predicted molar refractivity (Wildman–Crippen MR) is 262 cm³/mol. The molecule has 0 unspecified atom stereocenters. The van der Waals surface area contributed by atoms with E-state index in [4.69, 9.17) is 28.7 Å². The van der Waals surface area contributed by atoms with Gasteiger partial charge in [0, 0.05) is 35.4 Å². The summed E-state index contributed by atoms with van der Waals surface area (Å²) in [7, 11) is 0. The van der Waals surface area contributed by atoms with Gasteiger partial charge >= 0.3 is 29.8 Å². The van der Waals surface area contributed by atoms with Crippen molar-refractivity contribution < 1.29 is 52.5 Å². The van der Waals surface area contributed by atoms with Crippen molar-refractivity contribution >= 4 is 68.0 Å². The maximum Gasteiger partial charge on any atom is 0.335 e. The van der Waals surface area contributed by atoms with Crippen molar-refractivity contribution in [3.05, 3.63) is 145 Å². The molecule has 0 saturated heterocycles. The summed E-state index contributed by atoms with van der Waals surface area (Å²) in [6.45, 7) is 6.90. The first kappa shape index (κ1) is 48.2. The fraction of sp³-hybridized carbons (Fsp3) is 0.304. The van der Waals surface area contributed by atoms with Gasteiger partial charge in [-0.05, 0) is 141 Å². The number of allylic oxidation sites excluding steroid dienone is 1. The van der Waals surface area contributed by atoms with Crippen molar-refractivity contribution in [3.8, 4) is 27.8 Å². The zero-order chi connectivity index (χ0) is 48.3. The number of pyridine rings is 1. The molecule has 2 saturated carbocycles. The van der Waals surface area contributed by atoms with Crippen molar-refractivity contribution in [1.29, 1.82) is 0 Å². The van der Waals surface area contributed by atoms with Crippen LogP contribution in [0.4, 0.5) is 0 Å². The number of thiophene rings is 1. The lowest BCUT2D eigenvalue weighted by molar-refractivity contribution is -0.153. The number of carbonyl (C=O) groups is 6. The molecule has 354 valence electrons. The average Bonchev–Trinajstić information content (AvgIpc) is 3.81. The van der Waals surface area contributed by atoms with Crippen molar-refractivity contribution in [1.82, 2.24) is 4.98 Å². The maximum absolute atomic E-state index is 13.8. The number of carbonyl (C=O) groups excluding carboxylic acids is 6. The number of hydrogen-bond donors (Lipinski definition) is 0. The zero-order valence-electron chi connectivity index (χ0n) is 38.2. The number of aryl methyl sites for hydroxylation is 2. The van der Waals surface area contributed by atoms with Gasteiger partial charge in [0.15, 0.2) is 11.5 Å². The number of fused-ring (bicyclic) bond motifs is 2. The first-order valence-corrected chi connectivity index (χ1v) is 24.2. The summed E-state index contributed by atoms with van der Waals surface area (Å²) in [5, 5.41) is 1.60. The molecule has 12 nitrogen and oxygen atoms in total. The third-order valence-electron chi connectivity index (χ3n) is 12.7. The molecule has 0 amide bonds. The van der Waals surface area contributed by atoms with Crippen LogP contribution in [0.15, 0.2) is 128 Å². The largest absolute Gasteiger partial charge is 0.462 e. The lowest BCUT2D eigenvalue weighted by atomic mass is 9.87. The van der Waals surface area contributed by atoms with Crippen LogP contribution in [0.25, 0.3) is 31.6 Å². The van der Waals surface area contributed by atoms with Gasteiger partial charge in [-0.3, -0.25) is 24.0 Å². The molecule has 0 bridgehead atoms. The highest BCUT2D eigenvalue weighted by Gasteiger charge is 2.32. The van der Waals surface area contributed by atoms with E-state index in [0.29, 0.717) is 98.7 Å². The molecule has 2 aliphatic carbocycles. The smallest absolute Gasteiger partial charge is 0.335 e. The number of hydrogen-bond acceptors (Lipinski definition) is 13. The Bertz CT molecular complexity index is 2830. The number of benzene rings is 4. The standard InChI is InChI=1S/C56H53NO11S/c1-3-41(58)33-37-11-9-35(10-12-37)15-31-52(60)65-43-23-17-38(18-24-43)55(62)67-47-29-30-48(54-45(47)27-28-46(57-54)50-34-40-7-5-6-8-49(40)69-50)68-56(63)39-19-25-44(26-20-39)66-53(61)32-16-36-13-21-42(22-14-36)64-51(59)4-2/h3-14,21-22,27-30,34,38-39,43-44H,1-2,15-20,23-26,31-33H2/t38-,39-,43-,44-. The van der Waals surface area contributed by atoms with Gasteiger partial charge < -0.3 is 23.7 Å². The van der Waals surface area contributed by atoms with Crippen LogP contribution in [-0.4, -0.2) is 52.8 Å². The lowest BCUT2D eigenvalue weighted by Gasteiger charge is -2.27. The van der Waals surface area contributed by atoms with Gasteiger partial charge in [-0.1, -0.05) is 67.8 Å². The first-order valence-electron chi connectivity index (χ1n) is 23.4. The second-order valence-corrected chi connectivity index (χ2v) is 18.6. The Balaban J connectivity index is 0.861. The van der Waals surface area contributed by atoms with Crippen LogP contribution >= 0.6 is 11.3 Å². The zero-order valence-corrected chi connectivity index (χ0v) is 39.0. The van der Waals surface area contributed by atoms with Crippen molar-refractivity contribution in [3.63, 3.8) is 0 Å². The number of esters is 5. The number of aromatic nitrogens is 1. The molecule has 0 radical (unpaired) electrons. The van der Waals surface area contributed by atoms with Crippen LogP contribution in [0, 0.1) is 11.8 Å². The number of rotatable bonds is 18. The second kappa shape index (κ2) is 22.7. The normalized spacial score (nSPS) is 17.9. The van der Waals surface area contributed by atoms with Crippen molar-refractivity contribution in [2.45, 2.75) is 95.7 Å². The summed E-state index contributed by atoms with van der Waals surface area (Å²) in [5.74, 6) is -1.89. The van der Waals surface area contributed by atoms with E-state index in [0.717, 1.165) is 37.7 Å². The maximum atomic E-state index is 13.8. The fourth-order valence-corrected chi connectivity index (χ4v) is 9.79. The Labute approximate surface area is 404 Å². The number of nitrogens with zero attached hydrogens (tertiary/aromatic N) is 1. The van der Waals surface area contributed by atoms with Crippen LogP contribution in [0.3, 0.4) is 0 Å². The highest BCUT2D eigenvalue weighted by molar-refractivity contribution is 7.22. The van der Waals surface area contributed by atoms with Crippen LogP contribution in [0.5, 0.6) is 17.2 Å². The van der Waals surface area contributed by atoms with E-state index in [9.17, 15) is 28.8 Å². The highest BCUT2D eigenvalue weighted by Crippen LogP contribution is 2.39. The van der Waals surface area contributed by atoms with E-state index in [2.05, 4.69) is 25.3 Å². The van der Waals surface area contributed by atoms with E-state index in [1.807, 2.05) is 54.6 Å². The van der Waals surface area contributed by atoms with Crippen LogP contribution in [0.1, 0.15) is 80.9 Å². The number of ether oxygens (including phenoxy) is 5. The van der Waals surface area contributed by atoms with E-state index in [1.165, 1.54) is 6.08 Å². The Hall–Kier alpha value is -7.25. The van der Waals surface area contributed by atoms with Gasteiger partial charge in [-0.15, -0.1) is 11.3 Å². The van der Waals surface area contributed by atoms with Crippen LogP contribution in [0.2, 0.25) is 0 Å². The van der Waals surface area contributed by atoms with Gasteiger partial charge in [0.25, 0.3) is 0 Å². The summed E-state index contributed by atoms with van der Waals surface area (Å²) >= 11 is 1.60. The lowest BCUT2D eigenvalue weighted by Crippen LogP contribution is -2.30. The Kier molecular flexibility index (Phi) is 15.9. The van der Waals surface area contributed by atoms with E-state index < -0.39 is 29.7 Å². The second-order valence-electron chi connectivity index (χ2n) is 17.5. The minimum absolute atomic E-state index is 0.0481. The molecule has 2 aliphatic rings. The molecule has 0 spiro atoms. The molecule has 0 aliphatic heterocycles. The summed E-state index contributed by atoms with van der Waals surface area (Å²) < 4.78 is 30.0. The van der Waals surface area contributed by atoms with Gasteiger partial charge in [0.1, 0.15) is 29.2 Å². The Morgan fingerprint density at radius 3 is 1.72 bits per heavy atom. The summed E-state index contributed by atoms with van der Waals surface area (Å²) in [5.41, 5.74) is 3.82. The molecule has 13 heteroatoms. The molecule has 2 aromatic heterocycles. The molecular weight excluding hydrogens is 895 g/mol. The van der Waals surface area contributed by atoms with Gasteiger partial charge in [0.05, 0.1) is 22.4 Å². The minimum atomic E-state index is -0.547. The van der Waals surface area contributed by atoms with Gasteiger partial charge in [-0.25, -0.2) is 9.78 Å². The molecule has 69 heavy (non-hydrogen) atoms. The van der Waals surface area contributed by atoms with Crippen LogP contribution in [-0.2, 0) is 57.5 Å². The van der Waals surface area contributed by atoms with Crippen LogP contribution < -0.4 is 14.2 Å². The monoisotopic (exact) mass is 947 g/mol. The quantitative estimate of drug-likeness (QED) is 0.0456. The summed E-state index contributed by atoms with van der Waals surface area (Å²) in [6, 6.07) is 31.6. The summed E-state index contributed by atoms with van der Waals surface area (Å²) in [4.78, 5) is 82.0. The van der Waals surface area contributed by atoms with Gasteiger partial charge in [0.2, 0.25) is 0 Å². The number of ketones is 1. The molecule has 2 heterocycles. The highest BCUT2D eigenvalue weighted by atomic mass is 32.1. The molecule has 6 aromatic rings. The molecule has 0 atom stereocenters. The summed E-state index contributed by atoms with van der Waals surface area (Å²) in [6.07, 6.45) is 7.53. The molecule has 0 N–H and O–H groups in total. The third-order valence-corrected chi connectivity index (χ3v) is 13.8. The fourth-order valence-electron chi connectivity index (χ4n) is 8.76. The first-order chi connectivity index (χ1) is 33.5. The van der Waals surface area contributed by atoms with E-state index >= 15 is 0 Å². The minimum Gasteiger partial charge on any atom is -0.462 e. The average molecular weight is 948 g/mol. The van der Waals surface area contributed by atoms with Crippen molar-refractivity contribution in [2.75, 3.05) is 0 Å². The molecule has 4 aromatic carbocycles. The van der Waals surface area contributed by atoms with Gasteiger partial charge in [-0.2, -0.15) is 0 Å².